The number of rotatable bonds is 1. The average molecular weight is 209 g/mol. The molecule has 0 aliphatic heterocycles. The molecular weight excluding hydrogens is 186 g/mol. The zero-order chi connectivity index (χ0) is 11.9. The molecule has 0 unspecified atom stereocenters. The summed E-state index contributed by atoms with van der Waals surface area (Å²) in [6.07, 6.45) is 0.980. The molecule has 3 nitrogen and oxygen atoms in total. The van der Waals surface area contributed by atoms with E-state index in [-0.39, 0.29) is 10.8 Å². The predicted octanol–water partition coefficient (Wildman–Crippen LogP) is 2.70. The molecule has 1 rings (SSSR count). The van der Waals surface area contributed by atoms with Crippen LogP contribution in [0, 0.1) is 5.41 Å². The van der Waals surface area contributed by atoms with Crippen LogP contribution >= 0.6 is 0 Å². The van der Waals surface area contributed by atoms with Crippen molar-refractivity contribution in [1.29, 1.82) is 0 Å². The van der Waals surface area contributed by atoms with Crippen LogP contribution < -0.4 is 0 Å². The SMILES string of the molecule is Cn1nnc(CC(C)(C)C)c1C(C)(C)C. The highest BCUT2D eigenvalue weighted by atomic mass is 15.4. The Kier molecular flexibility index (Phi) is 2.94. The summed E-state index contributed by atoms with van der Waals surface area (Å²) in [5, 5.41) is 8.41. The third kappa shape index (κ3) is 3.05. The first-order valence-corrected chi connectivity index (χ1v) is 5.50. The van der Waals surface area contributed by atoms with Crippen LogP contribution in [0.1, 0.15) is 52.9 Å². The Balaban J connectivity index is 3.10. The van der Waals surface area contributed by atoms with Crippen molar-refractivity contribution < 1.29 is 0 Å². The fraction of sp³-hybridized carbons (Fsp3) is 0.833. The van der Waals surface area contributed by atoms with Gasteiger partial charge in [0.25, 0.3) is 0 Å². The Morgan fingerprint density at radius 1 is 1.07 bits per heavy atom. The van der Waals surface area contributed by atoms with Gasteiger partial charge in [-0.25, -0.2) is 0 Å². The zero-order valence-corrected chi connectivity index (χ0v) is 11.0. The Labute approximate surface area is 92.9 Å². The van der Waals surface area contributed by atoms with Gasteiger partial charge < -0.3 is 0 Å². The van der Waals surface area contributed by atoms with Crippen molar-refractivity contribution in [2.45, 2.75) is 53.4 Å². The summed E-state index contributed by atoms with van der Waals surface area (Å²) < 4.78 is 1.90. The summed E-state index contributed by atoms with van der Waals surface area (Å²) in [5.41, 5.74) is 2.75. The third-order valence-electron chi connectivity index (χ3n) is 2.30. The largest absolute Gasteiger partial charge is 0.252 e. The van der Waals surface area contributed by atoms with Gasteiger partial charge in [0.1, 0.15) is 0 Å². The summed E-state index contributed by atoms with van der Waals surface area (Å²) in [5.74, 6) is 0. The third-order valence-corrected chi connectivity index (χ3v) is 2.30. The second-order valence-corrected chi connectivity index (χ2v) is 6.50. The van der Waals surface area contributed by atoms with Crippen molar-refractivity contribution in [3.8, 4) is 0 Å². The van der Waals surface area contributed by atoms with E-state index < -0.39 is 0 Å². The van der Waals surface area contributed by atoms with Gasteiger partial charge in [-0.2, -0.15) is 0 Å². The fourth-order valence-electron chi connectivity index (χ4n) is 1.94. The van der Waals surface area contributed by atoms with E-state index in [4.69, 9.17) is 0 Å². The molecule has 1 aromatic heterocycles. The number of hydrogen-bond acceptors (Lipinski definition) is 2. The van der Waals surface area contributed by atoms with E-state index in [1.54, 1.807) is 0 Å². The van der Waals surface area contributed by atoms with Gasteiger partial charge in [0.2, 0.25) is 0 Å². The van der Waals surface area contributed by atoms with E-state index in [0.717, 1.165) is 12.1 Å². The van der Waals surface area contributed by atoms with Gasteiger partial charge in [0.15, 0.2) is 0 Å². The van der Waals surface area contributed by atoms with Gasteiger partial charge in [-0.05, 0) is 11.8 Å². The normalized spacial score (nSPS) is 13.3. The molecule has 0 saturated heterocycles. The van der Waals surface area contributed by atoms with Gasteiger partial charge >= 0.3 is 0 Å². The molecule has 0 aliphatic carbocycles. The molecular formula is C12H23N3. The lowest BCUT2D eigenvalue weighted by Crippen LogP contribution is -2.21. The maximum atomic E-state index is 4.28. The second-order valence-electron chi connectivity index (χ2n) is 6.50. The predicted molar refractivity (Wildman–Crippen MR) is 62.9 cm³/mol. The van der Waals surface area contributed by atoms with Gasteiger partial charge in [-0.1, -0.05) is 46.8 Å². The van der Waals surface area contributed by atoms with E-state index in [2.05, 4.69) is 51.9 Å². The molecule has 0 aliphatic rings. The molecule has 0 N–H and O–H groups in total. The lowest BCUT2D eigenvalue weighted by Gasteiger charge is -2.23. The lowest BCUT2D eigenvalue weighted by molar-refractivity contribution is 0.399. The Morgan fingerprint density at radius 2 is 1.60 bits per heavy atom. The minimum absolute atomic E-state index is 0.110. The fourth-order valence-corrected chi connectivity index (χ4v) is 1.94. The monoisotopic (exact) mass is 209 g/mol. The maximum absolute atomic E-state index is 4.28. The maximum Gasteiger partial charge on any atom is 0.0869 e. The number of aromatic nitrogens is 3. The zero-order valence-electron chi connectivity index (χ0n) is 11.0. The standard InChI is InChI=1S/C12H23N3/c1-11(2,3)8-9-10(12(4,5)6)15(7)14-13-9/h8H2,1-7H3. The van der Waals surface area contributed by atoms with Crippen molar-refractivity contribution in [2.24, 2.45) is 12.5 Å². The highest BCUT2D eigenvalue weighted by Gasteiger charge is 2.26. The Morgan fingerprint density at radius 3 is 2.00 bits per heavy atom. The number of nitrogens with zero attached hydrogens (tertiary/aromatic N) is 3. The van der Waals surface area contributed by atoms with Gasteiger partial charge in [0, 0.05) is 12.5 Å². The topological polar surface area (TPSA) is 30.7 Å². The molecule has 86 valence electrons. The van der Waals surface area contributed by atoms with E-state index in [9.17, 15) is 0 Å². The number of hydrogen-bond donors (Lipinski definition) is 0. The molecule has 1 heterocycles. The summed E-state index contributed by atoms with van der Waals surface area (Å²) in [6, 6.07) is 0. The van der Waals surface area contributed by atoms with E-state index in [0.29, 0.717) is 0 Å². The molecule has 0 atom stereocenters. The van der Waals surface area contributed by atoms with Crippen molar-refractivity contribution in [2.75, 3.05) is 0 Å². The first-order chi connectivity index (χ1) is 6.61. The van der Waals surface area contributed by atoms with Crippen LogP contribution in [0.25, 0.3) is 0 Å². The van der Waals surface area contributed by atoms with Crippen LogP contribution in [-0.4, -0.2) is 15.0 Å². The van der Waals surface area contributed by atoms with Gasteiger partial charge in [0.05, 0.1) is 11.4 Å². The molecule has 0 spiro atoms. The van der Waals surface area contributed by atoms with Crippen molar-refractivity contribution in [3.63, 3.8) is 0 Å². The molecule has 0 radical (unpaired) electrons. The van der Waals surface area contributed by atoms with Gasteiger partial charge in [-0.15, -0.1) is 5.10 Å². The van der Waals surface area contributed by atoms with Crippen LogP contribution in [-0.2, 0) is 18.9 Å². The van der Waals surface area contributed by atoms with Crippen molar-refractivity contribution in [3.05, 3.63) is 11.4 Å². The Hall–Kier alpha value is -0.860. The molecule has 0 bridgehead atoms. The van der Waals surface area contributed by atoms with Crippen LogP contribution in [0.5, 0.6) is 0 Å². The molecule has 1 aromatic rings. The highest BCUT2D eigenvalue weighted by molar-refractivity contribution is 5.20. The summed E-state index contributed by atoms with van der Waals surface area (Å²) in [4.78, 5) is 0. The molecule has 0 aromatic carbocycles. The van der Waals surface area contributed by atoms with E-state index >= 15 is 0 Å². The van der Waals surface area contributed by atoms with E-state index in [1.807, 2.05) is 11.7 Å². The van der Waals surface area contributed by atoms with E-state index in [1.165, 1.54) is 5.69 Å². The van der Waals surface area contributed by atoms with Crippen molar-refractivity contribution >= 4 is 0 Å². The first kappa shape index (κ1) is 12.2. The average Bonchev–Trinajstić information content (AvgIpc) is 2.25. The molecule has 15 heavy (non-hydrogen) atoms. The summed E-state index contributed by atoms with van der Waals surface area (Å²) in [6.45, 7) is 13.3. The van der Waals surface area contributed by atoms with Crippen molar-refractivity contribution in [1.82, 2.24) is 15.0 Å². The summed E-state index contributed by atoms with van der Waals surface area (Å²) in [7, 11) is 1.97. The lowest BCUT2D eigenvalue weighted by atomic mass is 9.84. The number of aryl methyl sites for hydroxylation is 1. The van der Waals surface area contributed by atoms with Crippen LogP contribution in [0.3, 0.4) is 0 Å². The first-order valence-electron chi connectivity index (χ1n) is 5.50. The highest BCUT2D eigenvalue weighted by Crippen LogP contribution is 2.28. The van der Waals surface area contributed by atoms with Crippen LogP contribution in [0.2, 0.25) is 0 Å². The minimum atomic E-state index is 0.110. The molecule has 0 saturated carbocycles. The van der Waals surface area contributed by atoms with Crippen LogP contribution in [0.15, 0.2) is 0 Å². The Bertz CT molecular complexity index is 337. The molecule has 0 fully saturated rings. The summed E-state index contributed by atoms with van der Waals surface area (Å²) >= 11 is 0. The quantitative estimate of drug-likeness (QED) is 0.712. The van der Waals surface area contributed by atoms with Crippen LogP contribution in [0.4, 0.5) is 0 Å². The smallest absolute Gasteiger partial charge is 0.0869 e. The molecule has 3 heteroatoms. The minimum Gasteiger partial charge on any atom is -0.252 e. The second kappa shape index (κ2) is 3.62. The molecule has 0 amide bonds. The van der Waals surface area contributed by atoms with Gasteiger partial charge in [-0.3, -0.25) is 4.68 Å².